The first-order valence-corrected chi connectivity index (χ1v) is 11.4. The Kier molecular flexibility index (Phi) is 8.03. The molecule has 32 heavy (non-hydrogen) atoms. The summed E-state index contributed by atoms with van der Waals surface area (Å²) in [6.45, 7) is 2.94. The number of ether oxygens (including phenoxy) is 1. The van der Waals surface area contributed by atoms with Gasteiger partial charge in [-0.15, -0.1) is 0 Å². The Labute approximate surface area is 188 Å². The van der Waals surface area contributed by atoms with Crippen LogP contribution < -0.4 is 10.6 Å². The molecule has 1 heterocycles. The molecule has 1 aromatic rings. The van der Waals surface area contributed by atoms with Gasteiger partial charge in [-0.3, -0.25) is 14.4 Å². The van der Waals surface area contributed by atoms with Crippen molar-refractivity contribution in [2.75, 3.05) is 19.8 Å². The van der Waals surface area contributed by atoms with Crippen LogP contribution in [0.3, 0.4) is 0 Å². The van der Waals surface area contributed by atoms with Gasteiger partial charge in [-0.1, -0.05) is 38.1 Å². The van der Waals surface area contributed by atoms with Gasteiger partial charge < -0.3 is 25.6 Å². The van der Waals surface area contributed by atoms with Gasteiger partial charge in [0.1, 0.15) is 6.04 Å². The Morgan fingerprint density at radius 1 is 1.06 bits per heavy atom. The molecular formula is C24H34N2O6. The molecule has 4 N–H and O–H groups in total. The summed E-state index contributed by atoms with van der Waals surface area (Å²) in [7, 11) is 0. The Balaban J connectivity index is 1.60. The largest absolute Gasteiger partial charge is 0.394 e. The number of nitrogens with one attached hydrogen (secondary N) is 2. The highest BCUT2D eigenvalue weighted by molar-refractivity contribution is 5.98. The molecule has 0 aromatic heterocycles. The third-order valence-electron chi connectivity index (χ3n) is 6.37. The maximum Gasteiger partial charge on any atom is 0.245 e. The summed E-state index contributed by atoms with van der Waals surface area (Å²) in [5.74, 6) is -1.42. The molecule has 0 unspecified atom stereocenters. The Bertz CT molecular complexity index is 809. The van der Waals surface area contributed by atoms with Crippen LogP contribution in [0.25, 0.3) is 0 Å². The zero-order valence-corrected chi connectivity index (χ0v) is 18.8. The number of hydrogen-bond acceptors (Lipinski definition) is 6. The number of hydrogen-bond donors (Lipinski definition) is 4. The lowest BCUT2D eigenvalue weighted by molar-refractivity contribution is -0.135. The van der Waals surface area contributed by atoms with Crippen LogP contribution in [0.2, 0.25) is 0 Å². The van der Waals surface area contributed by atoms with Crippen molar-refractivity contribution in [3.63, 3.8) is 0 Å². The zero-order valence-electron chi connectivity index (χ0n) is 18.8. The molecule has 1 aliphatic heterocycles. The fourth-order valence-corrected chi connectivity index (χ4v) is 4.29. The molecule has 1 aliphatic carbocycles. The summed E-state index contributed by atoms with van der Waals surface area (Å²) in [6.07, 6.45) is 3.29. The molecule has 3 atom stereocenters. The minimum Gasteiger partial charge on any atom is -0.394 e. The van der Waals surface area contributed by atoms with E-state index >= 15 is 0 Å². The summed E-state index contributed by atoms with van der Waals surface area (Å²) >= 11 is 0. The minimum atomic E-state index is -1.25. The lowest BCUT2D eigenvalue weighted by atomic mass is 9.92. The monoisotopic (exact) mass is 446 g/mol. The number of epoxide rings is 1. The van der Waals surface area contributed by atoms with E-state index in [0.29, 0.717) is 19.3 Å². The second-order valence-electron chi connectivity index (χ2n) is 9.28. The number of fused-ring (bicyclic) bond motifs is 1. The Morgan fingerprint density at radius 3 is 2.12 bits per heavy atom. The molecule has 0 spiro atoms. The first-order valence-electron chi connectivity index (χ1n) is 11.4. The second kappa shape index (κ2) is 10.6. The van der Waals surface area contributed by atoms with E-state index in [1.807, 2.05) is 26.0 Å². The highest BCUT2D eigenvalue weighted by Gasteiger charge is 2.54. The van der Waals surface area contributed by atoms with Gasteiger partial charge in [0.2, 0.25) is 11.8 Å². The minimum absolute atomic E-state index is 0.105. The smallest absolute Gasteiger partial charge is 0.245 e. The number of Topliss-reactive ketones (excluding diaryl/α,β-unsaturated/α-hetero) is 1. The van der Waals surface area contributed by atoms with Crippen LogP contribution in [0, 0.1) is 11.8 Å². The van der Waals surface area contributed by atoms with Gasteiger partial charge in [0.25, 0.3) is 0 Å². The average Bonchev–Trinajstić information content (AvgIpc) is 3.59. The van der Waals surface area contributed by atoms with Crippen LogP contribution in [0.5, 0.6) is 0 Å². The maximum atomic E-state index is 12.9. The number of rotatable bonds is 10. The third-order valence-corrected chi connectivity index (χ3v) is 6.37. The number of aliphatic hydroxyl groups excluding tert-OH is 2. The standard InChI is InChI=1S/C24H34N2O6/c1-15(2)11-19(21(29)24(13-28)14-32-24)25-23(31)20(12-27)26-22(30)18-9-7-16-5-3-4-6-17(16)8-10-18/h3-6,15,18-20,27-28H,7-14H2,1-2H3,(H,25,31)(H,26,30)/t19-,20-,24+/m0/s1. The van der Waals surface area contributed by atoms with E-state index < -0.39 is 36.8 Å². The molecule has 0 radical (unpaired) electrons. The molecule has 0 bridgehead atoms. The summed E-state index contributed by atoms with van der Waals surface area (Å²) in [5.41, 5.74) is 1.24. The first kappa shape index (κ1) is 24.4. The van der Waals surface area contributed by atoms with Crippen LogP contribution in [-0.4, -0.2) is 65.3 Å². The quantitative estimate of drug-likeness (QED) is 0.306. The van der Waals surface area contributed by atoms with Crippen molar-refractivity contribution in [3.05, 3.63) is 35.4 Å². The van der Waals surface area contributed by atoms with Crippen LogP contribution in [0.1, 0.15) is 44.2 Å². The molecule has 8 nitrogen and oxygen atoms in total. The SMILES string of the molecule is CC(C)C[C@H](NC(=O)[C@H](CO)NC(=O)C1CCc2ccccc2CC1)C(=O)[C@@]1(CO)CO1. The Morgan fingerprint density at radius 2 is 1.66 bits per heavy atom. The van der Waals surface area contributed by atoms with Crippen LogP contribution in [0.4, 0.5) is 0 Å². The van der Waals surface area contributed by atoms with Gasteiger partial charge in [0.05, 0.1) is 25.9 Å². The molecule has 176 valence electrons. The number of aliphatic hydroxyl groups is 2. The highest BCUT2D eigenvalue weighted by Crippen LogP contribution is 2.30. The van der Waals surface area contributed by atoms with Crippen molar-refractivity contribution in [1.29, 1.82) is 0 Å². The zero-order chi connectivity index (χ0) is 23.3. The molecule has 2 aliphatic rings. The van der Waals surface area contributed by atoms with Crippen molar-refractivity contribution >= 4 is 17.6 Å². The van der Waals surface area contributed by atoms with Crippen LogP contribution in [0.15, 0.2) is 24.3 Å². The van der Waals surface area contributed by atoms with Crippen LogP contribution in [-0.2, 0) is 32.0 Å². The van der Waals surface area contributed by atoms with Gasteiger partial charge >= 0.3 is 0 Å². The molecule has 0 saturated carbocycles. The number of amides is 2. The fourth-order valence-electron chi connectivity index (χ4n) is 4.29. The predicted molar refractivity (Wildman–Crippen MR) is 118 cm³/mol. The summed E-state index contributed by atoms with van der Waals surface area (Å²) < 4.78 is 5.15. The Hall–Kier alpha value is -2.29. The van der Waals surface area contributed by atoms with Gasteiger partial charge in [-0.05, 0) is 49.1 Å². The topological polar surface area (TPSA) is 128 Å². The number of ketones is 1. The normalized spacial score (nSPS) is 22.4. The molecule has 1 aromatic carbocycles. The molecular weight excluding hydrogens is 412 g/mol. The van der Waals surface area contributed by atoms with Crippen molar-refractivity contribution < 1.29 is 29.3 Å². The van der Waals surface area contributed by atoms with E-state index in [-0.39, 0.29) is 30.1 Å². The van der Waals surface area contributed by atoms with Gasteiger partial charge in [0.15, 0.2) is 11.4 Å². The summed E-state index contributed by atoms with van der Waals surface area (Å²) in [5, 5.41) is 24.6. The molecule has 2 amide bonds. The van der Waals surface area contributed by atoms with E-state index in [2.05, 4.69) is 22.8 Å². The van der Waals surface area contributed by atoms with Gasteiger partial charge in [-0.2, -0.15) is 0 Å². The van der Waals surface area contributed by atoms with E-state index in [4.69, 9.17) is 4.74 Å². The lowest BCUT2D eigenvalue weighted by Crippen LogP contribution is -2.56. The van der Waals surface area contributed by atoms with Crippen molar-refractivity contribution in [1.82, 2.24) is 10.6 Å². The highest BCUT2D eigenvalue weighted by atomic mass is 16.6. The summed E-state index contributed by atoms with van der Waals surface area (Å²) in [6, 6.07) is 6.13. The first-order chi connectivity index (χ1) is 15.3. The number of benzene rings is 1. The molecule has 1 fully saturated rings. The van der Waals surface area contributed by atoms with E-state index in [1.54, 1.807) is 0 Å². The van der Waals surface area contributed by atoms with E-state index in [9.17, 15) is 24.6 Å². The van der Waals surface area contributed by atoms with Crippen molar-refractivity contribution in [2.45, 2.75) is 63.6 Å². The lowest BCUT2D eigenvalue weighted by Gasteiger charge is -2.25. The van der Waals surface area contributed by atoms with E-state index in [1.165, 1.54) is 11.1 Å². The van der Waals surface area contributed by atoms with Crippen molar-refractivity contribution in [2.24, 2.45) is 11.8 Å². The van der Waals surface area contributed by atoms with E-state index in [0.717, 1.165) is 12.8 Å². The fraction of sp³-hybridized carbons (Fsp3) is 0.625. The van der Waals surface area contributed by atoms with Crippen LogP contribution >= 0.6 is 0 Å². The number of carbonyl (C=O) groups is 3. The number of aryl methyl sites for hydroxylation is 2. The molecule has 3 rings (SSSR count). The maximum absolute atomic E-state index is 12.9. The second-order valence-corrected chi connectivity index (χ2v) is 9.28. The summed E-state index contributed by atoms with van der Waals surface area (Å²) in [4.78, 5) is 38.5. The van der Waals surface area contributed by atoms with Gasteiger partial charge in [0, 0.05) is 5.92 Å². The average molecular weight is 447 g/mol. The van der Waals surface area contributed by atoms with Gasteiger partial charge in [-0.25, -0.2) is 0 Å². The molecule has 8 heteroatoms. The third kappa shape index (κ3) is 5.74. The van der Waals surface area contributed by atoms with Crippen molar-refractivity contribution in [3.8, 4) is 0 Å². The molecule has 1 saturated heterocycles. The predicted octanol–water partition coefficient (Wildman–Crippen LogP) is 0.520. The number of carbonyl (C=O) groups excluding carboxylic acids is 3.